The molecule has 0 amide bonds. The third kappa shape index (κ3) is 3.71. The molecule has 0 radical (unpaired) electrons. The van der Waals surface area contributed by atoms with Gasteiger partial charge in [-0.05, 0) is 49.6 Å². The molecule has 0 aliphatic heterocycles. The van der Waals surface area contributed by atoms with Gasteiger partial charge in [0, 0.05) is 23.2 Å². The van der Waals surface area contributed by atoms with Gasteiger partial charge < -0.3 is 10.1 Å². The zero-order valence-corrected chi connectivity index (χ0v) is 12.5. The van der Waals surface area contributed by atoms with Gasteiger partial charge in [0.15, 0.2) is 0 Å². The van der Waals surface area contributed by atoms with Crippen LogP contribution in [0.2, 0.25) is 5.02 Å². The van der Waals surface area contributed by atoms with Crippen molar-refractivity contribution in [3.05, 3.63) is 52.4 Å². The highest BCUT2D eigenvalue weighted by Gasteiger charge is 2.21. The highest BCUT2D eigenvalue weighted by molar-refractivity contribution is 6.30. The predicted molar refractivity (Wildman–Crippen MR) is 80.3 cm³/mol. The van der Waals surface area contributed by atoms with Crippen LogP contribution in [0.5, 0.6) is 11.6 Å². The molecule has 3 rings (SSSR count). The Hall–Kier alpha value is -1.65. The SMILES string of the molecule is Cc1cc(Cl)ccc1Oc1ncc(F)cc1CNC1CC1. The van der Waals surface area contributed by atoms with Crippen molar-refractivity contribution >= 4 is 11.6 Å². The van der Waals surface area contributed by atoms with Crippen LogP contribution in [0.25, 0.3) is 0 Å². The Morgan fingerprint density at radius 3 is 2.90 bits per heavy atom. The third-order valence-corrected chi connectivity index (χ3v) is 3.63. The van der Waals surface area contributed by atoms with E-state index in [4.69, 9.17) is 16.3 Å². The molecule has 1 aliphatic carbocycles. The monoisotopic (exact) mass is 306 g/mol. The molecular formula is C16H16ClFN2O. The largest absolute Gasteiger partial charge is 0.438 e. The standard InChI is InChI=1S/C16H16ClFN2O/c1-10-6-12(17)2-5-15(10)21-16-11(7-13(18)9-20-16)8-19-14-3-4-14/h2,5-7,9,14,19H,3-4,8H2,1H3. The number of pyridine rings is 1. The Labute approximate surface area is 128 Å². The highest BCUT2D eigenvalue weighted by atomic mass is 35.5. The molecule has 0 saturated heterocycles. The lowest BCUT2D eigenvalue weighted by Gasteiger charge is -2.12. The maximum atomic E-state index is 13.4. The predicted octanol–water partition coefficient (Wildman–Crippen LogP) is 4.23. The average Bonchev–Trinajstić information content (AvgIpc) is 3.26. The molecule has 0 spiro atoms. The van der Waals surface area contributed by atoms with Gasteiger partial charge >= 0.3 is 0 Å². The van der Waals surface area contributed by atoms with Crippen molar-refractivity contribution in [2.24, 2.45) is 0 Å². The molecule has 1 aromatic heterocycles. The zero-order chi connectivity index (χ0) is 14.8. The van der Waals surface area contributed by atoms with Gasteiger partial charge in [0.1, 0.15) is 11.6 Å². The van der Waals surface area contributed by atoms with Gasteiger partial charge in [-0.2, -0.15) is 0 Å². The molecule has 1 heterocycles. The molecule has 1 saturated carbocycles. The van der Waals surface area contributed by atoms with E-state index in [9.17, 15) is 4.39 Å². The molecule has 2 aromatic rings. The molecule has 1 N–H and O–H groups in total. The average molecular weight is 307 g/mol. The van der Waals surface area contributed by atoms with E-state index in [0.29, 0.717) is 29.2 Å². The number of nitrogens with zero attached hydrogens (tertiary/aromatic N) is 1. The van der Waals surface area contributed by atoms with Crippen LogP contribution in [-0.4, -0.2) is 11.0 Å². The highest BCUT2D eigenvalue weighted by Crippen LogP contribution is 2.29. The molecule has 1 aromatic carbocycles. The summed E-state index contributed by atoms with van der Waals surface area (Å²) in [6, 6.07) is 7.38. The van der Waals surface area contributed by atoms with Gasteiger partial charge in [0.05, 0.1) is 6.20 Å². The summed E-state index contributed by atoms with van der Waals surface area (Å²) in [4.78, 5) is 4.07. The first-order chi connectivity index (χ1) is 10.1. The van der Waals surface area contributed by atoms with E-state index in [0.717, 1.165) is 11.1 Å². The number of nitrogens with one attached hydrogen (secondary N) is 1. The minimum absolute atomic E-state index is 0.359. The summed E-state index contributed by atoms with van der Waals surface area (Å²) in [6.07, 6.45) is 3.52. The van der Waals surface area contributed by atoms with E-state index >= 15 is 0 Å². The second-order valence-electron chi connectivity index (χ2n) is 5.28. The molecule has 110 valence electrons. The van der Waals surface area contributed by atoms with Crippen LogP contribution in [0.3, 0.4) is 0 Å². The maximum Gasteiger partial charge on any atom is 0.223 e. The first kappa shape index (κ1) is 14.3. The van der Waals surface area contributed by atoms with E-state index in [-0.39, 0.29) is 5.82 Å². The van der Waals surface area contributed by atoms with E-state index in [1.54, 1.807) is 12.1 Å². The lowest BCUT2D eigenvalue weighted by atomic mass is 10.2. The van der Waals surface area contributed by atoms with Crippen molar-refractivity contribution in [1.29, 1.82) is 0 Å². The lowest BCUT2D eigenvalue weighted by Crippen LogP contribution is -2.16. The second-order valence-corrected chi connectivity index (χ2v) is 5.72. The number of hydrogen-bond donors (Lipinski definition) is 1. The first-order valence-electron chi connectivity index (χ1n) is 6.93. The van der Waals surface area contributed by atoms with Crippen molar-refractivity contribution < 1.29 is 9.13 Å². The molecule has 0 atom stereocenters. The van der Waals surface area contributed by atoms with E-state index in [1.807, 2.05) is 13.0 Å². The van der Waals surface area contributed by atoms with Crippen LogP contribution >= 0.6 is 11.6 Å². The van der Waals surface area contributed by atoms with Crippen molar-refractivity contribution in [2.75, 3.05) is 0 Å². The summed E-state index contributed by atoms with van der Waals surface area (Å²) in [7, 11) is 0. The van der Waals surface area contributed by atoms with Gasteiger partial charge in [0.2, 0.25) is 5.88 Å². The molecule has 0 unspecified atom stereocenters. The number of halogens is 2. The Bertz CT molecular complexity index is 659. The van der Waals surface area contributed by atoms with Crippen LogP contribution in [0.1, 0.15) is 24.0 Å². The molecule has 1 fully saturated rings. The molecule has 21 heavy (non-hydrogen) atoms. The van der Waals surface area contributed by atoms with E-state index < -0.39 is 0 Å². The summed E-state index contributed by atoms with van der Waals surface area (Å²) in [5, 5.41) is 4.00. The Kier molecular flexibility index (Phi) is 4.08. The van der Waals surface area contributed by atoms with Gasteiger partial charge in [-0.3, -0.25) is 0 Å². The third-order valence-electron chi connectivity index (χ3n) is 3.39. The number of rotatable bonds is 5. The van der Waals surface area contributed by atoms with Crippen LogP contribution < -0.4 is 10.1 Å². The second kappa shape index (κ2) is 6.00. The van der Waals surface area contributed by atoms with Crippen LogP contribution in [0.15, 0.2) is 30.5 Å². The molecule has 3 nitrogen and oxygen atoms in total. The normalized spacial score (nSPS) is 14.2. The van der Waals surface area contributed by atoms with Crippen molar-refractivity contribution in [3.8, 4) is 11.6 Å². The fraction of sp³-hybridized carbons (Fsp3) is 0.312. The number of aromatic nitrogens is 1. The molecule has 1 aliphatic rings. The van der Waals surface area contributed by atoms with Gasteiger partial charge in [-0.1, -0.05) is 11.6 Å². The fourth-order valence-electron chi connectivity index (χ4n) is 2.06. The zero-order valence-electron chi connectivity index (χ0n) is 11.7. The van der Waals surface area contributed by atoms with Crippen molar-refractivity contribution in [2.45, 2.75) is 32.4 Å². The topological polar surface area (TPSA) is 34.1 Å². The number of benzene rings is 1. The minimum atomic E-state index is -0.359. The van der Waals surface area contributed by atoms with Gasteiger partial charge in [-0.25, -0.2) is 9.37 Å². The van der Waals surface area contributed by atoms with E-state index in [2.05, 4.69) is 10.3 Å². The molecular weight excluding hydrogens is 291 g/mol. The molecule has 5 heteroatoms. The van der Waals surface area contributed by atoms with Crippen LogP contribution in [0, 0.1) is 12.7 Å². The summed E-state index contributed by atoms with van der Waals surface area (Å²) >= 11 is 5.93. The van der Waals surface area contributed by atoms with Gasteiger partial charge in [-0.15, -0.1) is 0 Å². The summed E-state index contributed by atoms with van der Waals surface area (Å²) < 4.78 is 19.2. The number of ether oxygens (including phenoxy) is 1. The lowest BCUT2D eigenvalue weighted by molar-refractivity contribution is 0.445. The summed E-state index contributed by atoms with van der Waals surface area (Å²) in [6.45, 7) is 2.46. The Morgan fingerprint density at radius 2 is 2.19 bits per heavy atom. The van der Waals surface area contributed by atoms with Crippen LogP contribution in [-0.2, 0) is 6.54 Å². The Morgan fingerprint density at radius 1 is 1.38 bits per heavy atom. The summed E-state index contributed by atoms with van der Waals surface area (Å²) in [5.74, 6) is 0.740. The van der Waals surface area contributed by atoms with Gasteiger partial charge in [0.25, 0.3) is 0 Å². The van der Waals surface area contributed by atoms with E-state index in [1.165, 1.54) is 25.1 Å². The van der Waals surface area contributed by atoms with Crippen LogP contribution in [0.4, 0.5) is 4.39 Å². The van der Waals surface area contributed by atoms with Crippen molar-refractivity contribution in [3.63, 3.8) is 0 Å². The maximum absolute atomic E-state index is 13.4. The minimum Gasteiger partial charge on any atom is -0.438 e. The smallest absolute Gasteiger partial charge is 0.223 e. The fourth-order valence-corrected chi connectivity index (χ4v) is 2.29. The molecule has 0 bridgehead atoms. The summed E-state index contributed by atoms with van der Waals surface area (Å²) in [5.41, 5.74) is 1.63. The quantitative estimate of drug-likeness (QED) is 0.897. The van der Waals surface area contributed by atoms with Crippen molar-refractivity contribution in [1.82, 2.24) is 10.3 Å². The first-order valence-corrected chi connectivity index (χ1v) is 7.31. The number of aryl methyl sites for hydroxylation is 1. The number of hydrogen-bond acceptors (Lipinski definition) is 3. The Balaban J connectivity index is 1.82.